The normalized spacial score (nSPS) is 16.6. The molecule has 0 aliphatic carbocycles. The zero-order valence-electron chi connectivity index (χ0n) is 15.9. The third kappa shape index (κ3) is 5.42. The van der Waals surface area contributed by atoms with Crippen LogP contribution in [-0.4, -0.2) is 40.3 Å². The molecule has 0 bridgehead atoms. The molecule has 1 unspecified atom stereocenters. The third-order valence-corrected chi connectivity index (χ3v) is 6.77. The summed E-state index contributed by atoms with van der Waals surface area (Å²) in [6, 6.07) is 11.9. The zero-order valence-corrected chi connectivity index (χ0v) is 18.3. The van der Waals surface area contributed by atoms with Gasteiger partial charge in [-0.15, -0.1) is 0 Å². The maximum Gasteiger partial charge on any atom is 0.232 e. The summed E-state index contributed by atoms with van der Waals surface area (Å²) >= 11 is 12.3. The van der Waals surface area contributed by atoms with Crippen LogP contribution in [0.25, 0.3) is 0 Å². The maximum absolute atomic E-state index is 12.4. The summed E-state index contributed by atoms with van der Waals surface area (Å²) in [7, 11) is -3.57. The SMILES string of the molecule is CS(=O)(=O)N(Cc1cccc(Cl)c1Cl)c1ccc(N(C=O)CC2CCCO2)cc1. The van der Waals surface area contributed by atoms with E-state index in [0.717, 1.165) is 25.5 Å². The van der Waals surface area contributed by atoms with Gasteiger partial charge in [-0.1, -0.05) is 35.3 Å². The number of rotatable bonds is 8. The van der Waals surface area contributed by atoms with Gasteiger partial charge in [-0.2, -0.15) is 0 Å². The number of nitrogens with zero attached hydrogens (tertiary/aromatic N) is 2. The first-order chi connectivity index (χ1) is 13.8. The second-order valence-corrected chi connectivity index (χ2v) is 9.58. The number of amides is 1. The molecular formula is C20H22Cl2N2O4S. The summed E-state index contributed by atoms with van der Waals surface area (Å²) in [4.78, 5) is 13.1. The minimum absolute atomic E-state index is 0.0253. The van der Waals surface area contributed by atoms with E-state index in [-0.39, 0.29) is 12.6 Å². The molecule has 0 N–H and O–H groups in total. The highest BCUT2D eigenvalue weighted by molar-refractivity contribution is 7.92. The van der Waals surface area contributed by atoms with Gasteiger partial charge >= 0.3 is 0 Å². The number of carbonyl (C=O) groups excluding carboxylic acids is 1. The lowest BCUT2D eigenvalue weighted by Gasteiger charge is -2.25. The second kappa shape index (κ2) is 9.34. The molecule has 1 fully saturated rings. The Morgan fingerprint density at radius 3 is 2.41 bits per heavy atom. The fraction of sp³-hybridized carbons (Fsp3) is 0.350. The fourth-order valence-corrected chi connectivity index (χ4v) is 4.51. The van der Waals surface area contributed by atoms with Crippen LogP contribution in [0.2, 0.25) is 10.0 Å². The minimum Gasteiger partial charge on any atom is -0.376 e. The number of halogens is 2. The lowest BCUT2D eigenvalue weighted by Crippen LogP contribution is -2.31. The van der Waals surface area contributed by atoms with Crippen molar-refractivity contribution in [2.75, 3.05) is 28.6 Å². The van der Waals surface area contributed by atoms with E-state index in [1.165, 1.54) is 4.31 Å². The Kier molecular flexibility index (Phi) is 7.05. The molecule has 0 saturated carbocycles. The molecule has 1 amide bonds. The van der Waals surface area contributed by atoms with Gasteiger partial charge in [0.05, 0.1) is 41.2 Å². The predicted molar refractivity (Wildman–Crippen MR) is 116 cm³/mol. The van der Waals surface area contributed by atoms with Crippen LogP contribution >= 0.6 is 23.2 Å². The number of carbonyl (C=O) groups is 1. The topological polar surface area (TPSA) is 66.9 Å². The second-order valence-electron chi connectivity index (χ2n) is 6.89. The van der Waals surface area contributed by atoms with E-state index in [9.17, 15) is 13.2 Å². The van der Waals surface area contributed by atoms with E-state index in [2.05, 4.69) is 0 Å². The van der Waals surface area contributed by atoms with Crippen molar-refractivity contribution in [1.29, 1.82) is 0 Å². The van der Waals surface area contributed by atoms with Gasteiger partial charge in [0.25, 0.3) is 0 Å². The monoisotopic (exact) mass is 456 g/mol. The van der Waals surface area contributed by atoms with E-state index in [0.29, 0.717) is 40.1 Å². The minimum atomic E-state index is -3.57. The molecule has 1 aliphatic rings. The van der Waals surface area contributed by atoms with Gasteiger partial charge < -0.3 is 9.64 Å². The number of benzene rings is 2. The lowest BCUT2D eigenvalue weighted by atomic mass is 10.2. The van der Waals surface area contributed by atoms with Gasteiger partial charge in [0, 0.05) is 12.3 Å². The first kappa shape index (κ1) is 21.9. The van der Waals surface area contributed by atoms with E-state index < -0.39 is 10.0 Å². The molecule has 0 spiro atoms. The zero-order chi connectivity index (χ0) is 21.0. The summed E-state index contributed by atoms with van der Waals surface area (Å²) < 4.78 is 31.6. The van der Waals surface area contributed by atoms with Crippen LogP contribution < -0.4 is 9.21 Å². The molecule has 1 saturated heterocycles. The van der Waals surface area contributed by atoms with E-state index in [1.54, 1.807) is 47.4 Å². The highest BCUT2D eigenvalue weighted by Crippen LogP contribution is 2.30. The summed E-state index contributed by atoms with van der Waals surface area (Å²) in [6.45, 7) is 1.23. The molecule has 156 valence electrons. The van der Waals surface area contributed by atoms with Gasteiger partial charge in [0.1, 0.15) is 0 Å². The van der Waals surface area contributed by atoms with Gasteiger partial charge in [0.15, 0.2) is 0 Å². The molecule has 3 rings (SSSR count). The van der Waals surface area contributed by atoms with Crippen LogP contribution in [0.3, 0.4) is 0 Å². The van der Waals surface area contributed by atoms with Crippen molar-refractivity contribution < 1.29 is 17.9 Å². The molecule has 0 radical (unpaired) electrons. The van der Waals surface area contributed by atoms with Gasteiger partial charge in [-0.25, -0.2) is 8.42 Å². The largest absolute Gasteiger partial charge is 0.376 e. The molecule has 1 aliphatic heterocycles. The maximum atomic E-state index is 12.4. The number of sulfonamides is 1. The molecule has 1 heterocycles. The van der Waals surface area contributed by atoms with Crippen LogP contribution in [0.15, 0.2) is 42.5 Å². The highest BCUT2D eigenvalue weighted by atomic mass is 35.5. The Morgan fingerprint density at radius 1 is 1.14 bits per heavy atom. The summed E-state index contributed by atoms with van der Waals surface area (Å²) in [6.07, 6.45) is 3.83. The first-order valence-electron chi connectivity index (χ1n) is 9.14. The Hall–Kier alpha value is -1.80. The van der Waals surface area contributed by atoms with Crippen LogP contribution in [-0.2, 0) is 26.1 Å². The van der Waals surface area contributed by atoms with Crippen LogP contribution in [0.5, 0.6) is 0 Å². The summed E-state index contributed by atoms with van der Waals surface area (Å²) in [5.74, 6) is 0. The standard InChI is InChI=1S/C20H22Cl2N2O4S/c1-29(26,27)24(12-15-4-2-6-19(21)20(15)22)17-9-7-16(8-10-17)23(14-25)13-18-5-3-11-28-18/h2,4,6-10,14,18H,3,5,11-13H2,1H3. The van der Waals surface area contributed by atoms with Crippen LogP contribution in [0.4, 0.5) is 11.4 Å². The van der Waals surface area contributed by atoms with Crippen molar-refractivity contribution in [1.82, 2.24) is 0 Å². The Bertz CT molecular complexity index is 961. The lowest BCUT2D eigenvalue weighted by molar-refractivity contribution is -0.107. The van der Waals surface area contributed by atoms with Crippen molar-refractivity contribution >= 4 is 51.0 Å². The number of ether oxygens (including phenoxy) is 1. The molecule has 0 aromatic heterocycles. The molecule has 9 heteroatoms. The average molecular weight is 457 g/mol. The summed E-state index contributed by atoms with van der Waals surface area (Å²) in [5.41, 5.74) is 1.74. The quantitative estimate of drug-likeness (QED) is 0.560. The third-order valence-electron chi connectivity index (χ3n) is 4.77. The molecule has 29 heavy (non-hydrogen) atoms. The van der Waals surface area contributed by atoms with E-state index >= 15 is 0 Å². The smallest absolute Gasteiger partial charge is 0.232 e. The fourth-order valence-electron chi connectivity index (χ4n) is 3.25. The van der Waals surface area contributed by atoms with Crippen molar-refractivity contribution in [3.8, 4) is 0 Å². The van der Waals surface area contributed by atoms with E-state index in [1.807, 2.05) is 0 Å². The van der Waals surface area contributed by atoms with Crippen molar-refractivity contribution in [2.24, 2.45) is 0 Å². The highest BCUT2D eigenvalue weighted by Gasteiger charge is 2.22. The molecule has 6 nitrogen and oxygen atoms in total. The molecule has 1 atom stereocenters. The molecule has 2 aromatic rings. The Labute approximate surface area is 181 Å². The Morgan fingerprint density at radius 2 is 1.83 bits per heavy atom. The predicted octanol–water partition coefficient (Wildman–Crippen LogP) is 4.10. The van der Waals surface area contributed by atoms with Gasteiger partial charge in [0.2, 0.25) is 16.4 Å². The van der Waals surface area contributed by atoms with Crippen molar-refractivity contribution in [2.45, 2.75) is 25.5 Å². The molecular weight excluding hydrogens is 435 g/mol. The average Bonchev–Trinajstić information content (AvgIpc) is 3.20. The van der Waals surface area contributed by atoms with Crippen LogP contribution in [0.1, 0.15) is 18.4 Å². The number of anilines is 2. The van der Waals surface area contributed by atoms with Gasteiger partial charge in [-0.05, 0) is 48.7 Å². The molecule has 2 aromatic carbocycles. The summed E-state index contributed by atoms with van der Waals surface area (Å²) in [5, 5.41) is 0.687. The number of hydrogen-bond acceptors (Lipinski definition) is 4. The van der Waals surface area contributed by atoms with Crippen molar-refractivity contribution in [3.63, 3.8) is 0 Å². The van der Waals surface area contributed by atoms with Crippen LogP contribution in [0, 0.1) is 0 Å². The Balaban J connectivity index is 1.83. The van der Waals surface area contributed by atoms with Gasteiger partial charge in [-0.3, -0.25) is 9.10 Å². The van der Waals surface area contributed by atoms with E-state index in [4.69, 9.17) is 27.9 Å². The first-order valence-corrected chi connectivity index (χ1v) is 11.7. The number of hydrogen-bond donors (Lipinski definition) is 0. The van der Waals surface area contributed by atoms with Crippen molar-refractivity contribution in [3.05, 3.63) is 58.1 Å².